The van der Waals surface area contributed by atoms with Gasteiger partial charge in [0.15, 0.2) is 11.5 Å². The highest BCUT2D eigenvalue weighted by Crippen LogP contribution is 2.30. The van der Waals surface area contributed by atoms with Crippen molar-refractivity contribution in [3.05, 3.63) is 53.9 Å². The van der Waals surface area contributed by atoms with Crippen LogP contribution in [0.1, 0.15) is 19.4 Å². The SMILES string of the molecule is CCOc1cc(/C=C/C(=O)Nc2ccc(F)c(NC(C)=O)c2)ccc1OC(F)F. The fourth-order valence-electron chi connectivity index (χ4n) is 2.33. The van der Waals surface area contributed by atoms with E-state index < -0.39 is 24.2 Å². The molecule has 0 spiro atoms. The maximum atomic E-state index is 13.6. The molecule has 29 heavy (non-hydrogen) atoms. The van der Waals surface area contributed by atoms with Crippen LogP contribution in [0.2, 0.25) is 0 Å². The summed E-state index contributed by atoms with van der Waals surface area (Å²) in [5, 5.41) is 4.85. The lowest BCUT2D eigenvalue weighted by molar-refractivity contribution is -0.114. The molecular formula is C20H19F3N2O4. The minimum absolute atomic E-state index is 0.0599. The predicted molar refractivity (Wildman–Crippen MR) is 103 cm³/mol. The molecule has 0 aliphatic carbocycles. The Morgan fingerprint density at radius 2 is 1.86 bits per heavy atom. The molecule has 0 fully saturated rings. The van der Waals surface area contributed by atoms with Crippen molar-refractivity contribution in [2.45, 2.75) is 20.5 Å². The molecule has 0 aliphatic rings. The van der Waals surface area contributed by atoms with Crippen molar-refractivity contribution in [1.82, 2.24) is 0 Å². The van der Waals surface area contributed by atoms with Crippen LogP contribution < -0.4 is 20.1 Å². The van der Waals surface area contributed by atoms with Gasteiger partial charge in [0.05, 0.1) is 12.3 Å². The van der Waals surface area contributed by atoms with E-state index in [-0.39, 0.29) is 29.5 Å². The molecule has 0 aromatic heterocycles. The maximum Gasteiger partial charge on any atom is 0.387 e. The Hall–Kier alpha value is -3.49. The van der Waals surface area contributed by atoms with Gasteiger partial charge in [-0.1, -0.05) is 6.07 Å². The summed E-state index contributed by atoms with van der Waals surface area (Å²) in [5.41, 5.74) is 0.735. The molecule has 0 heterocycles. The molecule has 0 saturated carbocycles. The van der Waals surface area contributed by atoms with Crippen LogP contribution in [0.5, 0.6) is 11.5 Å². The van der Waals surface area contributed by atoms with Gasteiger partial charge in [-0.3, -0.25) is 9.59 Å². The highest BCUT2D eigenvalue weighted by atomic mass is 19.3. The molecule has 0 atom stereocenters. The molecule has 2 aromatic rings. The molecular weight excluding hydrogens is 389 g/mol. The second-order valence-corrected chi connectivity index (χ2v) is 5.72. The van der Waals surface area contributed by atoms with Gasteiger partial charge >= 0.3 is 6.61 Å². The highest BCUT2D eigenvalue weighted by molar-refractivity contribution is 6.02. The fraction of sp³-hybridized carbons (Fsp3) is 0.200. The molecule has 6 nitrogen and oxygen atoms in total. The Morgan fingerprint density at radius 3 is 2.52 bits per heavy atom. The summed E-state index contributed by atoms with van der Waals surface area (Å²) in [6.45, 7) is 0.190. The molecule has 2 rings (SSSR count). The van der Waals surface area contributed by atoms with Crippen molar-refractivity contribution in [2.24, 2.45) is 0 Å². The van der Waals surface area contributed by atoms with Crippen molar-refractivity contribution in [2.75, 3.05) is 17.2 Å². The maximum absolute atomic E-state index is 13.6. The fourth-order valence-corrected chi connectivity index (χ4v) is 2.33. The van der Waals surface area contributed by atoms with Gasteiger partial charge in [0.2, 0.25) is 11.8 Å². The average Bonchev–Trinajstić information content (AvgIpc) is 2.64. The zero-order chi connectivity index (χ0) is 21.4. The first-order chi connectivity index (χ1) is 13.8. The van der Waals surface area contributed by atoms with Crippen molar-refractivity contribution in [3.8, 4) is 11.5 Å². The van der Waals surface area contributed by atoms with Gasteiger partial charge in [-0.15, -0.1) is 0 Å². The van der Waals surface area contributed by atoms with Crippen LogP contribution in [0.15, 0.2) is 42.5 Å². The number of carbonyl (C=O) groups is 2. The number of halogens is 3. The molecule has 2 amide bonds. The Bertz CT molecular complexity index is 917. The Balaban J connectivity index is 2.10. The van der Waals surface area contributed by atoms with Gasteiger partial charge in [-0.05, 0) is 48.9 Å². The summed E-state index contributed by atoms with van der Waals surface area (Å²) in [7, 11) is 0. The molecule has 9 heteroatoms. The van der Waals surface area contributed by atoms with Gasteiger partial charge in [0, 0.05) is 18.7 Å². The number of hydrogen-bond donors (Lipinski definition) is 2. The molecule has 0 radical (unpaired) electrons. The van der Waals surface area contributed by atoms with Crippen LogP contribution in [0.3, 0.4) is 0 Å². The second-order valence-electron chi connectivity index (χ2n) is 5.72. The zero-order valence-electron chi connectivity index (χ0n) is 15.7. The number of hydrogen-bond acceptors (Lipinski definition) is 4. The van der Waals surface area contributed by atoms with Crippen molar-refractivity contribution < 1.29 is 32.2 Å². The summed E-state index contributed by atoms with van der Waals surface area (Å²) in [5.74, 6) is -1.59. The molecule has 0 saturated heterocycles. The van der Waals surface area contributed by atoms with Crippen LogP contribution in [0, 0.1) is 5.82 Å². The lowest BCUT2D eigenvalue weighted by Gasteiger charge is -2.11. The summed E-state index contributed by atoms with van der Waals surface area (Å²) in [6, 6.07) is 7.99. The number of ether oxygens (including phenoxy) is 2. The van der Waals surface area contributed by atoms with E-state index in [9.17, 15) is 22.8 Å². The number of rotatable bonds is 8. The van der Waals surface area contributed by atoms with Crippen molar-refractivity contribution in [1.29, 1.82) is 0 Å². The van der Waals surface area contributed by atoms with Crippen LogP contribution >= 0.6 is 0 Å². The quantitative estimate of drug-likeness (QED) is 0.634. The number of benzene rings is 2. The van der Waals surface area contributed by atoms with E-state index in [4.69, 9.17) is 4.74 Å². The largest absolute Gasteiger partial charge is 0.490 e. The summed E-state index contributed by atoms with van der Waals surface area (Å²) < 4.78 is 48.2. The number of carbonyl (C=O) groups excluding carboxylic acids is 2. The molecule has 0 aliphatic heterocycles. The molecule has 154 valence electrons. The van der Waals surface area contributed by atoms with E-state index in [2.05, 4.69) is 15.4 Å². The minimum atomic E-state index is -2.99. The zero-order valence-corrected chi connectivity index (χ0v) is 15.7. The topological polar surface area (TPSA) is 76.7 Å². The van der Waals surface area contributed by atoms with Gasteiger partial charge in [-0.2, -0.15) is 8.78 Å². The van der Waals surface area contributed by atoms with Gasteiger partial charge in [0.1, 0.15) is 5.82 Å². The molecule has 2 aromatic carbocycles. The van der Waals surface area contributed by atoms with Crippen molar-refractivity contribution in [3.63, 3.8) is 0 Å². The Labute approximate surface area is 165 Å². The van der Waals surface area contributed by atoms with Crippen LogP contribution in [-0.2, 0) is 9.59 Å². The average molecular weight is 408 g/mol. The minimum Gasteiger partial charge on any atom is -0.490 e. The first-order valence-corrected chi connectivity index (χ1v) is 8.56. The number of amides is 2. The van der Waals surface area contributed by atoms with Crippen LogP contribution in [-0.4, -0.2) is 25.0 Å². The summed E-state index contributed by atoms with van der Waals surface area (Å²) >= 11 is 0. The van der Waals surface area contributed by atoms with Gasteiger partial charge < -0.3 is 20.1 Å². The van der Waals surface area contributed by atoms with E-state index in [1.165, 1.54) is 49.4 Å². The molecule has 0 bridgehead atoms. The third kappa shape index (κ3) is 6.87. The number of nitrogens with one attached hydrogen (secondary N) is 2. The van der Waals surface area contributed by atoms with Crippen LogP contribution in [0.4, 0.5) is 24.5 Å². The first-order valence-electron chi connectivity index (χ1n) is 8.56. The molecule has 2 N–H and O–H groups in total. The van der Waals surface area contributed by atoms with E-state index >= 15 is 0 Å². The Kier molecular flexibility index (Phi) is 7.64. The second kappa shape index (κ2) is 10.2. The van der Waals surface area contributed by atoms with E-state index in [0.29, 0.717) is 5.56 Å². The van der Waals surface area contributed by atoms with Crippen molar-refractivity contribution >= 4 is 29.3 Å². The lowest BCUT2D eigenvalue weighted by atomic mass is 10.2. The number of alkyl halides is 2. The highest BCUT2D eigenvalue weighted by Gasteiger charge is 2.11. The monoisotopic (exact) mass is 408 g/mol. The first kappa shape index (κ1) is 21.8. The predicted octanol–water partition coefficient (Wildman–Crippen LogP) is 4.44. The Morgan fingerprint density at radius 1 is 1.10 bits per heavy atom. The third-order valence-corrected chi connectivity index (χ3v) is 3.46. The number of anilines is 2. The van der Waals surface area contributed by atoms with E-state index in [1.807, 2.05) is 0 Å². The van der Waals surface area contributed by atoms with Crippen LogP contribution in [0.25, 0.3) is 6.08 Å². The summed E-state index contributed by atoms with van der Waals surface area (Å²) in [6.07, 6.45) is 2.66. The van der Waals surface area contributed by atoms with Gasteiger partial charge in [-0.25, -0.2) is 4.39 Å². The van der Waals surface area contributed by atoms with E-state index in [1.54, 1.807) is 6.92 Å². The third-order valence-electron chi connectivity index (χ3n) is 3.46. The molecule has 0 unspecified atom stereocenters. The smallest absolute Gasteiger partial charge is 0.387 e. The van der Waals surface area contributed by atoms with Gasteiger partial charge in [0.25, 0.3) is 0 Å². The standard InChI is InChI=1S/C20H19F3N2O4/c1-3-28-18-10-13(4-8-17(18)29-20(22)23)5-9-19(27)25-14-6-7-15(21)16(11-14)24-12(2)26/h4-11,20H,3H2,1-2H3,(H,24,26)(H,25,27)/b9-5+. The lowest BCUT2D eigenvalue weighted by Crippen LogP contribution is -2.10. The van der Waals surface area contributed by atoms with E-state index in [0.717, 1.165) is 6.07 Å². The normalized spacial score (nSPS) is 10.8. The summed E-state index contributed by atoms with van der Waals surface area (Å²) in [4.78, 5) is 23.2.